The van der Waals surface area contributed by atoms with E-state index in [0.717, 1.165) is 11.1 Å². The molecule has 0 atom stereocenters. The normalized spacial score (nSPS) is 12.3. The van der Waals surface area contributed by atoms with E-state index in [1.807, 2.05) is 45.0 Å². The summed E-state index contributed by atoms with van der Waals surface area (Å²) in [6, 6.07) is 19.5. The van der Waals surface area contributed by atoms with Crippen molar-refractivity contribution >= 4 is 0 Å². The van der Waals surface area contributed by atoms with E-state index in [1.165, 1.54) is 5.56 Å². The van der Waals surface area contributed by atoms with Gasteiger partial charge in [-0.05, 0) is 38.6 Å². The zero-order chi connectivity index (χ0) is 20.7. The molecule has 0 aliphatic carbocycles. The van der Waals surface area contributed by atoms with Crippen molar-refractivity contribution in [3.8, 4) is 22.3 Å². The summed E-state index contributed by atoms with van der Waals surface area (Å²) >= 11 is 0. The Bertz CT molecular complexity index is 967. The van der Waals surface area contributed by atoms with Crippen molar-refractivity contribution in [2.45, 2.75) is 52.4 Å². The first kappa shape index (κ1) is 20.3. The summed E-state index contributed by atoms with van der Waals surface area (Å²) in [4.78, 5) is 0. The van der Waals surface area contributed by atoms with Gasteiger partial charge in [0.05, 0.1) is 0 Å². The van der Waals surface area contributed by atoms with Crippen molar-refractivity contribution < 1.29 is 8.78 Å². The Morgan fingerprint density at radius 3 is 1.43 bits per heavy atom. The van der Waals surface area contributed by atoms with Crippen molar-refractivity contribution in [1.29, 1.82) is 0 Å². The van der Waals surface area contributed by atoms with Crippen molar-refractivity contribution in [1.82, 2.24) is 0 Å². The highest BCUT2D eigenvalue weighted by molar-refractivity contribution is 5.71. The molecule has 0 amide bonds. The highest BCUT2D eigenvalue weighted by atomic mass is 19.2. The maximum atomic E-state index is 14.7. The molecule has 0 saturated heterocycles. The number of halogens is 2. The van der Waals surface area contributed by atoms with Crippen LogP contribution in [-0.2, 0) is 10.8 Å². The molecule has 0 aromatic heterocycles. The third kappa shape index (κ3) is 4.01. The third-order valence-corrected chi connectivity index (χ3v) is 5.17. The van der Waals surface area contributed by atoms with Crippen LogP contribution in [0.3, 0.4) is 0 Å². The lowest BCUT2D eigenvalue weighted by atomic mass is 9.85. The van der Waals surface area contributed by atoms with Gasteiger partial charge in [0.1, 0.15) is 0 Å². The number of hydrogen-bond donors (Lipinski definition) is 0. The van der Waals surface area contributed by atoms with Crippen LogP contribution in [0.1, 0.15) is 52.7 Å². The molecule has 0 saturated carbocycles. The number of benzene rings is 3. The molecule has 0 aliphatic heterocycles. The Morgan fingerprint density at radius 1 is 0.500 bits per heavy atom. The van der Waals surface area contributed by atoms with E-state index in [-0.39, 0.29) is 5.41 Å². The van der Waals surface area contributed by atoms with E-state index in [4.69, 9.17) is 0 Å². The second kappa shape index (κ2) is 7.16. The Morgan fingerprint density at radius 2 is 0.964 bits per heavy atom. The van der Waals surface area contributed by atoms with Gasteiger partial charge >= 0.3 is 0 Å². The molecule has 0 heterocycles. The van der Waals surface area contributed by atoms with Gasteiger partial charge in [0.15, 0.2) is 11.6 Å². The predicted octanol–water partition coefficient (Wildman–Crippen LogP) is 7.89. The van der Waals surface area contributed by atoms with Gasteiger partial charge in [-0.3, -0.25) is 0 Å². The van der Waals surface area contributed by atoms with E-state index in [9.17, 15) is 8.78 Å². The molecule has 3 aromatic rings. The minimum atomic E-state index is -0.783. The van der Waals surface area contributed by atoms with E-state index >= 15 is 0 Å². The van der Waals surface area contributed by atoms with E-state index in [1.54, 1.807) is 12.1 Å². The first-order valence-corrected chi connectivity index (χ1v) is 9.68. The lowest BCUT2D eigenvalue weighted by Gasteiger charge is -2.21. The molecular weight excluding hydrogens is 350 g/mol. The van der Waals surface area contributed by atoms with Gasteiger partial charge in [-0.15, -0.1) is 0 Å². The fourth-order valence-electron chi connectivity index (χ4n) is 3.36. The Labute approximate surface area is 167 Å². The fraction of sp³-hybridized carbons (Fsp3) is 0.308. The summed E-state index contributed by atoms with van der Waals surface area (Å²) in [6.07, 6.45) is 0. The molecule has 28 heavy (non-hydrogen) atoms. The summed E-state index contributed by atoms with van der Waals surface area (Å²) in [5, 5.41) is 0. The van der Waals surface area contributed by atoms with Gasteiger partial charge in [0.2, 0.25) is 0 Å². The minimum Gasteiger partial charge on any atom is -0.203 e. The highest BCUT2D eigenvalue weighted by Gasteiger charge is 2.23. The molecular formula is C26H28F2. The highest BCUT2D eigenvalue weighted by Crippen LogP contribution is 2.33. The van der Waals surface area contributed by atoms with Crippen molar-refractivity contribution in [3.63, 3.8) is 0 Å². The van der Waals surface area contributed by atoms with Gasteiger partial charge in [-0.1, -0.05) is 102 Å². The van der Waals surface area contributed by atoms with Crippen LogP contribution in [0.25, 0.3) is 22.3 Å². The quantitative estimate of drug-likeness (QED) is 0.425. The predicted molar refractivity (Wildman–Crippen MR) is 115 cm³/mol. The van der Waals surface area contributed by atoms with Crippen LogP contribution in [0, 0.1) is 11.6 Å². The zero-order valence-electron chi connectivity index (χ0n) is 17.5. The number of hydrogen-bond acceptors (Lipinski definition) is 0. The molecule has 0 spiro atoms. The van der Waals surface area contributed by atoms with Gasteiger partial charge in [0.25, 0.3) is 0 Å². The van der Waals surface area contributed by atoms with Crippen LogP contribution in [0.5, 0.6) is 0 Å². The maximum absolute atomic E-state index is 14.7. The maximum Gasteiger partial charge on any atom is 0.166 e. The molecule has 146 valence electrons. The standard InChI is InChI=1S/C26H28F2/c1-25(2,3)20-13-11-18(12-14-20)17-7-9-19(10-8-17)21-15-16-22(26(4,5)6)24(28)23(21)27/h7-16H,1-6H3. The first-order chi connectivity index (χ1) is 13.0. The van der Waals surface area contributed by atoms with Crippen LogP contribution >= 0.6 is 0 Å². The Kier molecular flexibility index (Phi) is 5.18. The largest absolute Gasteiger partial charge is 0.203 e. The SMILES string of the molecule is CC(C)(C)c1ccc(-c2ccc(-c3ccc(C(C)(C)C)c(F)c3F)cc2)cc1. The van der Waals surface area contributed by atoms with Crippen LogP contribution < -0.4 is 0 Å². The van der Waals surface area contributed by atoms with Crippen molar-refractivity contribution in [2.24, 2.45) is 0 Å². The van der Waals surface area contributed by atoms with Crippen LogP contribution in [0.4, 0.5) is 8.78 Å². The third-order valence-electron chi connectivity index (χ3n) is 5.17. The molecule has 3 rings (SSSR count). The van der Waals surface area contributed by atoms with Crippen LogP contribution in [0.15, 0.2) is 60.7 Å². The average molecular weight is 379 g/mol. The minimum absolute atomic E-state index is 0.114. The average Bonchev–Trinajstić information content (AvgIpc) is 2.62. The summed E-state index contributed by atoms with van der Waals surface area (Å²) in [5.74, 6) is -1.54. The zero-order valence-corrected chi connectivity index (χ0v) is 17.5. The number of rotatable bonds is 2. The topological polar surface area (TPSA) is 0 Å². The Hall–Kier alpha value is -2.48. The van der Waals surface area contributed by atoms with E-state index < -0.39 is 17.0 Å². The molecule has 2 heteroatoms. The molecule has 0 unspecified atom stereocenters. The Balaban J connectivity index is 1.92. The second-order valence-electron chi connectivity index (χ2n) is 9.44. The molecule has 0 bridgehead atoms. The first-order valence-electron chi connectivity index (χ1n) is 9.68. The monoisotopic (exact) mass is 378 g/mol. The van der Waals surface area contributed by atoms with Crippen LogP contribution in [0.2, 0.25) is 0 Å². The molecule has 3 aromatic carbocycles. The fourth-order valence-corrected chi connectivity index (χ4v) is 3.36. The molecule has 0 radical (unpaired) electrons. The summed E-state index contributed by atoms with van der Waals surface area (Å²) in [7, 11) is 0. The molecule has 0 aliphatic rings. The smallest absolute Gasteiger partial charge is 0.166 e. The van der Waals surface area contributed by atoms with Crippen molar-refractivity contribution in [3.05, 3.63) is 83.4 Å². The summed E-state index contributed by atoms with van der Waals surface area (Å²) < 4.78 is 29.2. The summed E-state index contributed by atoms with van der Waals surface area (Å²) in [6.45, 7) is 12.2. The summed E-state index contributed by atoms with van der Waals surface area (Å²) in [5.41, 5.74) is 4.47. The van der Waals surface area contributed by atoms with Gasteiger partial charge in [0, 0.05) is 5.56 Å². The van der Waals surface area contributed by atoms with Gasteiger partial charge < -0.3 is 0 Å². The van der Waals surface area contributed by atoms with Crippen molar-refractivity contribution in [2.75, 3.05) is 0 Å². The molecule has 0 fully saturated rings. The molecule has 0 N–H and O–H groups in total. The lowest BCUT2D eigenvalue weighted by molar-refractivity contribution is 0.466. The van der Waals surface area contributed by atoms with Crippen LogP contribution in [-0.4, -0.2) is 0 Å². The van der Waals surface area contributed by atoms with E-state index in [2.05, 4.69) is 45.0 Å². The molecule has 0 nitrogen and oxygen atoms in total. The van der Waals surface area contributed by atoms with Gasteiger partial charge in [-0.25, -0.2) is 8.78 Å². The van der Waals surface area contributed by atoms with E-state index in [0.29, 0.717) is 16.7 Å². The lowest BCUT2D eigenvalue weighted by Crippen LogP contribution is -2.14. The second-order valence-corrected chi connectivity index (χ2v) is 9.44. The van der Waals surface area contributed by atoms with Gasteiger partial charge in [-0.2, -0.15) is 0 Å².